The van der Waals surface area contributed by atoms with Gasteiger partial charge in [-0.1, -0.05) is 17.7 Å². The van der Waals surface area contributed by atoms with Crippen LogP contribution in [0, 0.1) is 13.8 Å². The summed E-state index contributed by atoms with van der Waals surface area (Å²) >= 11 is 5.92. The van der Waals surface area contributed by atoms with Crippen molar-refractivity contribution in [2.45, 2.75) is 18.7 Å². The van der Waals surface area contributed by atoms with Gasteiger partial charge in [-0.15, -0.1) is 0 Å². The first-order valence-electron chi connectivity index (χ1n) is 10.9. The number of carbonyl (C=O) groups excluding carboxylic acids is 3. The number of hydrogen-bond donors (Lipinski definition) is 1. The van der Waals surface area contributed by atoms with E-state index in [0.717, 1.165) is 15.4 Å². The van der Waals surface area contributed by atoms with Gasteiger partial charge in [0.1, 0.15) is 6.54 Å². The normalized spacial score (nSPS) is 10.9. The fourth-order valence-electron chi connectivity index (χ4n) is 3.43. The molecule has 0 aliphatic carbocycles. The molecule has 3 rings (SSSR count). The van der Waals surface area contributed by atoms with Gasteiger partial charge in [-0.25, -0.2) is 18.0 Å². The Bertz CT molecular complexity index is 1420. The van der Waals surface area contributed by atoms with Gasteiger partial charge < -0.3 is 14.8 Å². The molecule has 37 heavy (non-hydrogen) atoms. The fraction of sp³-hybridized carbons (Fsp3) is 0.192. The Labute approximate surface area is 220 Å². The molecule has 3 aromatic carbocycles. The van der Waals surface area contributed by atoms with E-state index < -0.39 is 34.4 Å². The molecule has 0 heterocycles. The Morgan fingerprint density at radius 2 is 1.41 bits per heavy atom. The summed E-state index contributed by atoms with van der Waals surface area (Å²) in [7, 11) is -1.82. The van der Waals surface area contributed by atoms with Crippen LogP contribution in [0.2, 0.25) is 5.02 Å². The van der Waals surface area contributed by atoms with E-state index in [4.69, 9.17) is 21.1 Å². The molecule has 0 unspecified atom stereocenters. The number of ether oxygens (including phenoxy) is 2. The molecule has 0 aromatic heterocycles. The smallest absolute Gasteiger partial charge is 0.337 e. The van der Waals surface area contributed by atoms with Crippen molar-refractivity contribution < 1.29 is 32.3 Å². The zero-order chi connectivity index (χ0) is 27.3. The molecule has 0 spiro atoms. The number of halogens is 1. The number of carbonyl (C=O) groups is 3. The molecule has 0 aliphatic heterocycles. The second-order valence-corrected chi connectivity index (χ2v) is 10.4. The first-order valence-corrected chi connectivity index (χ1v) is 12.7. The summed E-state index contributed by atoms with van der Waals surface area (Å²) in [6.07, 6.45) is 0. The van der Waals surface area contributed by atoms with Crippen LogP contribution in [0.15, 0.2) is 65.6 Å². The summed E-state index contributed by atoms with van der Waals surface area (Å²) in [5.41, 5.74) is 2.15. The van der Waals surface area contributed by atoms with Crippen LogP contribution in [0.1, 0.15) is 31.8 Å². The number of esters is 2. The molecule has 0 bridgehead atoms. The molecule has 1 N–H and O–H groups in total. The van der Waals surface area contributed by atoms with Crippen LogP contribution in [0.4, 0.5) is 11.4 Å². The monoisotopic (exact) mass is 544 g/mol. The number of methoxy groups -OCH3 is 2. The number of nitrogens with one attached hydrogen (secondary N) is 1. The van der Waals surface area contributed by atoms with Crippen LogP contribution in [-0.2, 0) is 24.3 Å². The lowest BCUT2D eigenvalue weighted by atomic mass is 10.1. The van der Waals surface area contributed by atoms with Gasteiger partial charge in [0, 0.05) is 10.7 Å². The minimum atomic E-state index is -4.17. The lowest BCUT2D eigenvalue weighted by molar-refractivity contribution is -0.114. The molecule has 0 aliphatic rings. The van der Waals surface area contributed by atoms with Crippen LogP contribution in [-0.4, -0.2) is 47.0 Å². The molecule has 0 radical (unpaired) electrons. The minimum absolute atomic E-state index is 0.000464. The highest BCUT2D eigenvalue weighted by molar-refractivity contribution is 7.92. The van der Waals surface area contributed by atoms with Crippen molar-refractivity contribution in [3.05, 3.63) is 87.9 Å². The van der Waals surface area contributed by atoms with Crippen LogP contribution in [0.3, 0.4) is 0 Å². The van der Waals surface area contributed by atoms with Gasteiger partial charge in [0.05, 0.1) is 35.9 Å². The Hall–Kier alpha value is -3.89. The lowest BCUT2D eigenvalue weighted by Crippen LogP contribution is -2.38. The van der Waals surface area contributed by atoms with Gasteiger partial charge in [-0.2, -0.15) is 0 Å². The highest BCUT2D eigenvalue weighted by Crippen LogP contribution is 2.27. The number of nitrogens with zero attached hydrogens (tertiary/aromatic N) is 1. The maximum absolute atomic E-state index is 13.6. The first kappa shape index (κ1) is 27.7. The number of amides is 1. The Balaban J connectivity index is 2.00. The van der Waals surface area contributed by atoms with Crippen molar-refractivity contribution in [1.82, 2.24) is 0 Å². The first-order chi connectivity index (χ1) is 17.5. The van der Waals surface area contributed by atoms with Gasteiger partial charge >= 0.3 is 11.9 Å². The minimum Gasteiger partial charge on any atom is -0.465 e. The number of anilines is 2. The third kappa shape index (κ3) is 6.46. The van der Waals surface area contributed by atoms with Crippen LogP contribution < -0.4 is 9.62 Å². The maximum Gasteiger partial charge on any atom is 0.337 e. The maximum atomic E-state index is 13.6. The van der Waals surface area contributed by atoms with E-state index in [1.807, 2.05) is 13.8 Å². The van der Waals surface area contributed by atoms with E-state index in [9.17, 15) is 22.8 Å². The van der Waals surface area contributed by atoms with Crippen molar-refractivity contribution in [2.24, 2.45) is 0 Å². The number of hydrogen-bond acceptors (Lipinski definition) is 7. The zero-order valence-electron chi connectivity index (χ0n) is 20.6. The highest BCUT2D eigenvalue weighted by atomic mass is 35.5. The quantitative estimate of drug-likeness (QED) is 0.418. The van der Waals surface area contributed by atoms with E-state index in [-0.39, 0.29) is 27.4 Å². The molecular weight excluding hydrogens is 520 g/mol. The Morgan fingerprint density at radius 3 is 1.92 bits per heavy atom. The van der Waals surface area contributed by atoms with E-state index in [1.54, 1.807) is 18.2 Å². The van der Waals surface area contributed by atoms with Crippen molar-refractivity contribution in [3.8, 4) is 0 Å². The molecule has 0 fully saturated rings. The van der Waals surface area contributed by atoms with E-state index in [2.05, 4.69) is 5.32 Å². The summed E-state index contributed by atoms with van der Waals surface area (Å²) in [5.74, 6) is -2.18. The summed E-state index contributed by atoms with van der Waals surface area (Å²) in [5, 5.41) is 2.92. The molecule has 1 amide bonds. The average molecular weight is 545 g/mol. The molecule has 0 saturated heterocycles. The van der Waals surface area contributed by atoms with E-state index in [0.29, 0.717) is 5.02 Å². The summed E-state index contributed by atoms with van der Waals surface area (Å²) in [6.45, 7) is 3.12. The van der Waals surface area contributed by atoms with Crippen molar-refractivity contribution in [3.63, 3.8) is 0 Å². The van der Waals surface area contributed by atoms with Gasteiger partial charge in [0.15, 0.2) is 0 Å². The van der Waals surface area contributed by atoms with Gasteiger partial charge in [-0.05, 0) is 79.6 Å². The molecule has 11 heteroatoms. The van der Waals surface area contributed by atoms with E-state index in [1.165, 1.54) is 56.7 Å². The standard InChI is InChI=1S/C26H25ClN2O7S/c1-16-5-8-22(11-17(16)2)29(37(33,34)23-9-6-20(27)7-10-23)15-24(30)28-21-13-18(25(31)35-3)12-19(14-21)26(32)36-4/h5-14H,15H2,1-4H3,(H,28,30). The molecular formula is C26H25ClN2O7S. The summed E-state index contributed by atoms with van der Waals surface area (Å²) < 4.78 is 37.5. The lowest BCUT2D eigenvalue weighted by Gasteiger charge is -2.25. The second-order valence-electron chi connectivity index (χ2n) is 8.06. The number of sulfonamides is 1. The van der Waals surface area contributed by atoms with Crippen molar-refractivity contribution >= 4 is 50.8 Å². The van der Waals surface area contributed by atoms with Crippen LogP contribution >= 0.6 is 11.6 Å². The van der Waals surface area contributed by atoms with Crippen LogP contribution in [0.5, 0.6) is 0 Å². The van der Waals surface area contributed by atoms with Crippen molar-refractivity contribution in [1.29, 1.82) is 0 Å². The number of aryl methyl sites for hydroxylation is 2. The van der Waals surface area contributed by atoms with Crippen molar-refractivity contribution in [2.75, 3.05) is 30.4 Å². The molecule has 194 valence electrons. The topological polar surface area (TPSA) is 119 Å². The van der Waals surface area contributed by atoms with Gasteiger partial charge in [-0.3, -0.25) is 9.10 Å². The number of rotatable bonds is 8. The summed E-state index contributed by atoms with van der Waals surface area (Å²) in [6, 6.07) is 14.5. The van der Waals surface area contributed by atoms with Crippen LogP contribution in [0.25, 0.3) is 0 Å². The number of benzene rings is 3. The second kappa shape index (κ2) is 11.4. The fourth-order valence-corrected chi connectivity index (χ4v) is 4.97. The largest absolute Gasteiger partial charge is 0.465 e. The van der Waals surface area contributed by atoms with E-state index >= 15 is 0 Å². The SMILES string of the molecule is COC(=O)c1cc(NC(=O)CN(c2ccc(C)c(C)c2)S(=O)(=O)c2ccc(Cl)cc2)cc(C(=O)OC)c1. The van der Waals surface area contributed by atoms with Gasteiger partial charge in [0.2, 0.25) is 5.91 Å². The summed E-state index contributed by atoms with van der Waals surface area (Å²) in [4.78, 5) is 37.2. The Kier molecular flexibility index (Phi) is 8.57. The average Bonchev–Trinajstić information content (AvgIpc) is 2.87. The predicted octanol–water partition coefficient (Wildman–Crippen LogP) is 4.36. The molecule has 0 saturated carbocycles. The predicted molar refractivity (Wildman–Crippen MR) is 140 cm³/mol. The molecule has 9 nitrogen and oxygen atoms in total. The zero-order valence-corrected chi connectivity index (χ0v) is 22.1. The third-order valence-electron chi connectivity index (χ3n) is 5.53. The van der Waals surface area contributed by atoms with Gasteiger partial charge in [0.25, 0.3) is 10.0 Å². The highest BCUT2D eigenvalue weighted by Gasteiger charge is 2.28. The molecule has 0 atom stereocenters. The molecule has 3 aromatic rings. The Morgan fingerprint density at radius 1 is 0.838 bits per heavy atom. The third-order valence-corrected chi connectivity index (χ3v) is 7.57.